The van der Waals surface area contributed by atoms with Gasteiger partial charge in [-0.3, -0.25) is 0 Å². The normalized spacial score (nSPS) is 13.4. The second kappa shape index (κ2) is 7.94. The Morgan fingerprint density at radius 1 is 1.45 bits per heavy atom. The highest BCUT2D eigenvalue weighted by molar-refractivity contribution is 4.48. The van der Waals surface area contributed by atoms with Crippen LogP contribution in [0.5, 0.6) is 0 Å². The van der Waals surface area contributed by atoms with E-state index in [0.717, 1.165) is 6.42 Å². The van der Waals surface area contributed by atoms with Crippen molar-refractivity contribution in [2.45, 2.75) is 33.1 Å². The fourth-order valence-corrected chi connectivity index (χ4v) is 0.801. The van der Waals surface area contributed by atoms with Crippen LogP contribution in [-0.4, -0.2) is 11.9 Å². The Morgan fingerprint density at radius 2 is 2.18 bits per heavy atom. The van der Waals surface area contributed by atoms with Crippen molar-refractivity contribution in [2.24, 2.45) is 5.92 Å². The van der Waals surface area contributed by atoms with Gasteiger partial charge >= 0.3 is 0 Å². The molecule has 11 heavy (non-hydrogen) atoms. The van der Waals surface area contributed by atoms with Gasteiger partial charge in [-0.2, -0.15) is 0 Å². The van der Waals surface area contributed by atoms with Crippen LogP contribution in [-0.2, 0) is 15.0 Å². The molecule has 0 saturated heterocycles. The van der Waals surface area contributed by atoms with E-state index in [1.54, 1.807) is 0 Å². The summed E-state index contributed by atoms with van der Waals surface area (Å²) in [4.78, 5) is 4.47. The van der Waals surface area contributed by atoms with Crippen LogP contribution >= 0.6 is 0 Å². The third kappa shape index (κ3) is 7.74. The first kappa shape index (κ1) is 10.8. The van der Waals surface area contributed by atoms with Gasteiger partial charge in [0.15, 0.2) is 0 Å². The van der Waals surface area contributed by atoms with Crippen molar-refractivity contribution in [2.75, 3.05) is 6.61 Å². The minimum absolute atomic E-state index is 0.435. The average Bonchev–Trinajstić information content (AvgIpc) is 2.01. The highest BCUT2D eigenvalue weighted by Crippen LogP contribution is 2.07. The second-order valence-electron chi connectivity index (χ2n) is 2.67. The van der Waals surface area contributed by atoms with E-state index in [-0.39, 0.29) is 0 Å². The summed E-state index contributed by atoms with van der Waals surface area (Å²) in [6, 6.07) is 0. The molecule has 0 radical (unpaired) electrons. The van der Waals surface area contributed by atoms with E-state index in [2.05, 4.69) is 28.8 Å². The lowest BCUT2D eigenvalue weighted by Gasteiger charge is -2.07. The number of hydrogen-bond donors (Lipinski definition) is 1. The van der Waals surface area contributed by atoms with E-state index in [1.807, 2.05) is 0 Å². The molecule has 0 bridgehead atoms. The smallest absolute Gasteiger partial charge is 0.0880 e. The van der Waals surface area contributed by atoms with Crippen LogP contribution in [0.4, 0.5) is 0 Å². The molecule has 0 aliphatic carbocycles. The van der Waals surface area contributed by atoms with Crippen LogP contribution in [0, 0.1) is 5.92 Å². The van der Waals surface area contributed by atoms with Crippen LogP contribution in [0.15, 0.2) is 0 Å². The molecule has 0 rings (SSSR count). The summed E-state index contributed by atoms with van der Waals surface area (Å²) >= 11 is 0. The molecule has 1 N–H and O–H groups in total. The van der Waals surface area contributed by atoms with Crippen molar-refractivity contribution in [3.63, 3.8) is 0 Å². The standard InChI is InChI=1S/C7H16O4/c1-3-4-5-7(2)6-9-11-10-8/h7-8H,3-6H2,1-2H3. The quantitative estimate of drug-likeness (QED) is 0.356. The van der Waals surface area contributed by atoms with Gasteiger partial charge in [-0.15, -0.1) is 0 Å². The fraction of sp³-hybridized carbons (Fsp3) is 1.00. The molecule has 0 amide bonds. The summed E-state index contributed by atoms with van der Waals surface area (Å²) in [5.41, 5.74) is 0. The van der Waals surface area contributed by atoms with Crippen LogP contribution in [0.25, 0.3) is 0 Å². The van der Waals surface area contributed by atoms with Crippen LogP contribution < -0.4 is 0 Å². The lowest BCUT2D eigenvalue weighted by molar-refractivity contribution is -0.624. The summed E-state index contributed by atoms with van der Waals surface area (Å²) in [5.74, 6) is 0.435. The molecule has 0 fully saturated rings. The van der Waals surface area contributed by atoms with Crippen LogP contribution in [0.2, 0.25) is 0 Å². The summed E-state index contributed by atoms with van der Waals surface area (Å²) in [6.07, 6.45) is 3.47. The number of unbranched alkanes of at least 4 members (excludes halogenated alkanes) is 1. The SMILES string of the molecule is CCCCC(C)COOOO. The minimum atomic E-state index is 0.435. The highest BCUT2D eigenvalue weighted by atomic mass is 17.6. The first-order chi connectivity index (χ1) is 5.31. The fourth-order valence-electron chi connectivity index (χ4n) is 0.801. The molecule has 0 saturated carbocycles. The van der Waals surface area contributed by atoms with Crippen molar-refractivity contribution in [1.82, 2.24) is 0 Å². The van der Waals surface area contributed by atoms with E-state index in [0.29, 0.717) is 12.5 Å². The van der Waals surface area contributed by atoms with E-state index >= 15 is 0 Å². The van der Waals surface area contributed by atoms with Gasteiger partial charge in [-0.05, 0) is 22.4 Å². The average molecular weight is 164 g/mol. The third-order valence-corrected chi connectivity index (χ3v) is 1.48. The summed E-state index contributed by atoms with van der Waals surface area (Å²) in [7, 11) is 0. The summed E-state index contributed by atoms with van der Waals surface area (Å²) in [5, 5.41) is 14.8. The maximum Gasteiger partial charge on any atom is 0.0880 e. The maximum atomic E-state index is 7.71. The second-order valence-corrected chi connectivity index (χ2v) is 2.67. The molecular formula is C7H16O4. The molecule has 4 nitrogen and oxygen atoms in total. The first-order valence-electron chi connectivity index (χ1n) is 3.91. The minimum Gasteiger partial charge on any atom is -0.219 e. The topological polar surface area (TPSA) is 47.9 Å². The van der Waals surface area contributed by atoms with Gasteiger partial charge in [0.25, 0.3) is 0 Å². The van der Waals surface area contributed by atoms with E-state index in [1.165, 1.54) is 12.8 Å². The van der Waals surface area contributed by atoms with Gasteiger partial charge in [-0.1, -0.05) is 26.7 Å². The van der Waals surface area contributed by atoms with E-state index in [4.69, 9.17) is 5.26 Å². The van der Waals surface area contributed by atoms with Gasteiger partial charge in [0.1, 0.15) is 0 Å². The van der Waals surface area contributed by atoms with Crippen molar-refractivity contribution in [1.29, 1.82) is 0 Å². The Morgan fingerprint density at radius 3 is 2.73 bits per heavy atom. The third-order valence-electron chi connectivity index (χ3n) is 1.48. The van der Waals surface area contributed by atoms with Gasteiger partial charge in [0, 0.05) is 0 Å². The van der Waals surface area contributed by atoms with Crippen LogP contribution in [0.3, 0.4) is 0 Å². The Bertz CT molecular complexity index is 76.8. The zero-order chi connectivity index (χ0) is 8.53. The molecule has 0 spiro atoms. The molecule has 0 aliphatic rings. The number of hydrogen-bond acceptors (Lipinski definition) is 4. The Hall–Kier alpha value is -0.160. The largest absolute Gasteiger partial charge is 0.219 e. The molecule has 68 valence electrons. The van der Waals surface area contributed by atoms with Crippen LogP contribution in [0.1, 0.15) is 33.1 Å². The number of rotatable bonds is 7. The lowest BCUT2D eigenvalue weighted by atomic mass is 10.1. The molecule has 0 aliphatic heterocycles. The highest BCUT2D eigenvalue weighted by Gasteiger charge is 2.01. The maximum absolute atomic E-state index is 7.71. The molecule has 1 atom stereocenters. The molecular weight excluding hydrogens is 148 g/mol. The Labute approximate surface area is 66.9 Å². The van der Waals surface area contributed by atoms with Gasteiger partial charge in [-0.25, -0.2) is 10.1 Å². The Balaban J connectivity index is 3.02. The van der Waals surface area contributed by atoms with Gasteiger partial charge < -0.3 is 0 Å². The molecule has 0 heterocycles. The zero-order valence-electron chi connectivity index (χ0n) is 7.08. The first-order valence-corrected chi connectivity index (χ1v) is 3.91. The molecule has 1 unspecified atom stereocenters. The van der Waals surface area contributed by atoms with Crippen molar-refractivity contribution < 1.29 is 20.2 Å². The molecule has 4 heteroatoms. The lowest BCUT2D eigenvalue weighted by Crippen LogP contribution is -2.06. The van der Waals surface area contributed by atoms with Crippen molar-refractivity contribution >= 4 is 0 Å². The predicted molar refractivity (Wildman–Crippen MR) is 39.4 cm³/mol. The summed E-state index contributed by atoms with van der Waals surface area (Å²) in [6.45, 7) is 4.64. The monoisotopic (exact) mass is 164 g/mol. The predicted octanol–water partition coefficient (Wildman–Crippen LogP) is 2.17. The molecule has 0 aromatic rings. The molecule has 0 aromatic heterocycles. The Kier molecular flexibility index (Phi) is 7.83. The van der Waals surface area contributed by atoms with Gasteiger partial charge in [0.05, 0.1) is 6.61 Å². The van der Waals surface area contributed by atoms with Crippen molar-refractivity contribution in [3.8, 4) is 0 Å². The zero-order valence-corrected chi connectivity index (χ0v) is 7.08. The summed E-state index contributed by atoms with van der Waals surface area (Å²) < 4.78 is 0. The van der Waals surface area contributed by atoms with E-state index < -0.39 is 0 Å². The van der Waals surface area contributed by atoms with Crippen molar-refractivity contribution in [3.05, 3.63) is 0 Å². The van der Waals surface area contributed by atoms with E-state index in [9.17, 15) is 0 Å². The van der Waals surface area contributed by atoms with Gasteiger partial charge in [0.2, 0.25) is 0 Å². The molecule has 0 aromatic carbocycles.